The van der Waals surface area contributed by atoms with E-state index in [-0.39, 0.29) is 11.2 Å². The van der Waals surface area contributed by atoms with Gasteiger partial charge in [-0.15, -0.1) is 11.6 Å². The van der Waals surface area contributed by atoms with Crippen LogP contribution in [0.5, 0.6) is 0 Å². The van der Waals surface area contributed by atoms with Crippen molar-refractivity contribution in [2.75, 3.05) is 31.0 Å². The molecule has 0 aliphatic heterocycles. The molecule has 0 saturated heterocycles. The third kappa shape index (κ3) is 10.7. The first-order valence-electron chi connectivity index (χ1n) is 5.71. The molecule has 16 heavy (non-hydrogen) atoms. The van der Waals surface area contributed by atoms with Crippen LogP contribution in [0, 0.1) is 5.41 Å². The Morgan fingerprint density at radius 3 is 2.38 bits per heavy atom. The third-order valence-electron chi connectivity index (χ3n) is 2.46. The van der Waals surface area contributed by atoms with E-state index in [1.807, 2.05) is 0 Å². The lowest BCUT2D eigenvalue weighted by Crippen LogP contribution is -2.30. The highest BCUT2D eigenvalue weighted by atomic mass is 35.5. The van der Waals surface area contributed by atoms with E-state index in [0.717, 1.165) is 25.9 Å². The van der Waals surface area contributed by atoms with Crippen LogP contribution in [0.25, 0.3) is 0 Å². The molecule has 0 spiro atoms. The van der Waals surface area contributed by atoms with Crippen molar-refractivity contribution in [3.63, 3.8) is 0 Å². The molecule has 3 nitrogen and oxygen atoms in total. The SMILES string of the molecule is CC(C)(CCCCl)CNCCCS(C)(=O)=O. The van der Waals surface area contributed by atoms with Gasteiger partial charge in [-0.05, 0) is 31.2 Å². The van der Waals surface area contributed by atoms with Crippen LogP contribution in [-0.4, -0.2) is 39.4 Å². The van der Waals surface area contributed by atoms with Gasteiger partial charge >= 0.3 is 0 Å². The summed E-state index contributed by atoms with van der Waals surface area (Å²) in [7, 11) is -2.81. The predicted octanol–water partition coefficient (Wildman–Crippen LogP) is 2.06. The Morgan fingerprint density at radius 1 is 1.25 bits per heavy atom. The summed E-state index contributed by atoms with van der Waals surface area (Å²) in [5.41, 5.74) is 0.236. The van der Waals surface area contributed by atoms with Gasteiger partial charge < -0.3 is 5.32 Å². The Kier molecular flexibility index (Phi) is 7.61. The van der Waals surface area contributed by atoms with Crippen LogP contribution in [0.2, 0.25) is 0 Å². The summed E-state index contributed by atoms with van der Waals surface area (Å²) >= 11 is 5.65. The lowest BCUT2D eigenvalue weighted by molar-refractivity contribution is 0.312. The van der Waals surface area contributed by atoms with E-state index in [9.17, 15) is 8.42 Å². The smallest absolute Gasteiger partial charge is 0.147 e. The van der Waals surface area contributed by atoms with E-state index in [4.69, 9.17) is 11.6 Å². The molecule has 1 N–H and O–H groups in total. The highest BCUT2D eigenvalue weighted by Crippen LogP contribution is 2.21. The van der Waals surface area contributed by atoms with Crippen LogP contribution in [-0.2, 0) is 9.84 Å². The van der Waals surface area contributed by atoms with Crippen molar-refractivity contribution in [2.45, 2.75) is 33.1 Å². The number of hydrogen-bond donors (Lipinski definition) is 1. The summed E-state index contributed by atoms with van der Waals surface area (Å²) in [6, 6.07) is 0. The van der Waals surface area contributed by atoms with Gasteiger partial charge in [0, 0.05) is 18.7 Å². The van der Waals surface area contributed by atoms with E-state index in [2.05, 4.69) is 19.2 Å². The van der Waals surface area contributed by atoms with Crippen molar-refractivity contribution in [2.24, 2.45) is 5.41 Å². The second kappa shape index (κ2) is 7.51. The van der Waals surface area contributed by atoms with Crippen molar-refractivity contribution in [3.05, 3.63) is 0 Å². The molecule has 0 aromatic heterocycles. The molecule has 0 unspecified atom stereocenters. The largest absolute Gasteiger partial charge is 0.316 e. The Labute approximate surface area is 105 Å². The number of sulfone groups is 1. The van der Waals surface area contributed by atoms with Crippen molar-refractivity contribution < 1.29 is 8.42 Å². The monoisotopic (exact) mass is 269 g/mol. The Balaban J connectivity index is 3.57. The average molecular weight is 270 g/mol. The summed E-state index contributed by atoms with van der Waals surface area (Å²) in [4.78, 5) is 0. The highest BCUT2D eigenvalue weighted by Gasteiger charge is 2.16. The fourth-order valence-electron chi connectivity index (χ4n) is 1.52. The predicted molar refractivity (Wildman–Crippen MR) is 70.9 cm³/mol. The van der Waals surface area contributed by atoms with Crippen molar-refractivity contribution >= 4 is 21.4 Å². The Bertz CT molecular complexity index is 276. The molecule has 0 heterocycles. The van der Waals surface area contributed by atoms with E-state index in [0.29, 0.717) is 12.3 Å². The highest BCUT2D eigenvalue weighted by molar-refractivity contribution is 7.90. The number of halogens is 1. The van der Waals surface area contributed by atoms with Crippen LogP contribution in [0.15, 0.2) is 0 Å². The van der Waals surface area contributed by atoms with Gasteiger partial charge in [0.1, 0.15) is 9.84 Å². The summed E-state index contributed by atoms with van der Waals surface area (Å²) in [5.74, 6) is 0.972. The molecule has 0 aliphatic rings. The molecule has 0 amide bonds. The van der Waals surface area contributed by atoms with Crippen LogP contribution in [0.4, 0.5) is 0 Å². The minimum absolute atomic E-state index is 0.236. The van der Waals surface area contributed by atoms with Gasteiger partial charge in [0.05, 0.1) is 5.75 Å². The van der Waals surface area contributed by atoms with Gasteiger partial charge in [0.2, 0.25) is 0 Å². The van der Waals surface area contributed by atoms with Crippen LogP contribution >= 0.6 is 11.6 Å². The number of rotatable bonds is 9. The minimum atomic E-state index is -2.81. The molecular weight excluding hydrogens is 246 g/mol. The first kappa shape index (κ1) is 16.2. The molecule has 0 radical (unpaired) electrons. The normalized spacial score (nSPS) is 13.0. The molecule has 0 fully saturated rings. The number of alkyl halides is 1. The summed E-state index contributed by atoms with van der Waals surface area (Å²) < 4.78 is 21.8. The first-order chi connectivity index (χ1) is 7.27. The van der Waals surface area contributed by atoms with Gasteiger partial charge in [-0.25, -0.2) is 8.42 Å². The van der Waals surface area contributed by atoms with E-state index in [1.165, 1.54) is 6.26 Å². The van der Waals surface area contributed by atoms with Gasteiger partial charge in [-0.1, -0.05) is 13.8 Å². The van der Waals surface area contributed by atoms with E-state index < -0.39 is 9.84 Å². The Hall–Kier alpha value is 0.200. The number of nitrogens with one attached hydrogen (secondary N) is 1. The van der Waals surface area contributed by atoms with Gasteiger partial charge in [0.15, 0.2) is 0 Å². The molecule has 98 valence electrons. The second-order valence-corrected chi connectivity index (χ2v) is 7.75. The maximum Gasteiger partial charge on any atom is 0.147 e. The zero-order valence-electron chi connectivity index (χ0n) is 10.6. The second-order valence-electron chi connectivity index (χ2n) is 5.12. The van der Waals surface area contributed by atoms with Crippen molar-refractivity contribution in [3.8, 4) is 0 Å². The van der Waals surface area contributed by atoms with E-state index >= 15 is 0 Å². The lowest BCUT2D eigenvalue weighted by Gasteiger charge is -2.24. The summed E-state index contributed by atoms with van der Waals surface area (Å²) in [5, 5.41) is 3.30. The van der Waals surface area contributed by atoms with Crippen LogP contribution < -0.4 is 5.32 Å². The van der Waals surface area contributed by atoms with Crippen molar-refractivity contribution in [1.29, 1.82) is 0 Å². The lowest BCUT2D eigenvalue weighted by atomic mass is 9.88. The average Bonchev–Trinajstić information content (AvgIpc) is 2.12. The molecular formula is C11H24ClNO2S. The molecule has 5 heteroatoms. The summed E-state index contributed by atoms with van der Waals surface area (Å²) in [6.45, 7) is 6.07. The first-order valence-corrected chi connectivity index (χ1v) is 8.31. The molecule has 0 aliphatic carbocycles. The molecule has 0 atom stereocenters. The van der Waals surface area contributed by atoms with E-state index in [1.54, 1.807) is 0 Å². The molecule has 0 bridgehead atoms. The summed E-state index contributed by atoms with van der Waals surface area (Å²) in [6.07, 6.45) is 4.08. The van der Waals surface area contributed by atoms with Crippen LogP contribution in [0.3, 0.4) is 0 Å². The minimum Gasteiger partial charge on any atom is -0.316 e. The zero-order valence-corrected chi connectivity index (χ0v) is 12.1. The maximum atomic E-state index is 10.9. The topological polar surface area (TPSA) is 46.2 Å². The molecule has 0 aromatic carbocycles. The third-order valence-corrected chi connectivity index (χ3v) is 3.76. The van der Waals surface area contributed by atoms with Gasteiger partial charge in [0.25, 0.3) is 0 Å². The Morgan fingerprint density at radius 2 is 1.88 bits per heavy atom. The molecule has 0 aromatic rings. The van der Waals surface area contributed by atoms with Crippen molar-refractivity contribution in [1.82, 2.24) is 5.32 Å². The van der Waals surface area contributed by atoms with Crippen LogP contribution in [0.1, 0.15) is 33.1 Å². The fourth-order valence-corrected chi connectivity index (χ4v) is 2.32. The molecule has 0 rings (SSSR count). The van der Waals surface area contributed by atoms with Gasteiger partial charge in [-0.2, -0.15) is 0 Å². The van der Waals surface area contributed by atoms with Gasteiger partial charge in [-0.3, -0.25) is 0 Å². The quantitative estimate of drug-likeness (QED) is 0.515. The number of hydrogen-bond acceptors (Lipinski definition) is 3. The maximum absolute atomic E-state index is 10.9. The fraction of sp³-hybridized carbons (Fsp3) is 1.00. The molecule has 0 saturated carbocycles. The zero-order chi connectivity index (χ0) is 12.7. The standard InChI is InChI=1S/C11H24ClNO2S/c1-11(2,6-4-7-12)10-13-8-5-9-16(3,14)15/h13H,4-10H2,1-3H3.